The zero-order chi connectivity index (χ0) is 21.6. The Morgan fingerprint density at radius 1 is 1.03 bits per heavy atom. The fourth-order valence-corrected chi connectivity index (χ4v) is 4.91. The van der Waals surface area contributed by atoms with E-state index in [2.05, 4.69) is 54.4 Å². The number of fused-ring (bicyclic) bond motifs is 1. The van der Waals surface area contributed by atoms with Gasteiger partial charge in [-0.25, -0.2) is 0 Å². The third kappa shape index (κ3) is 4.88. The maximum Gasteiger partial charge on any atom is 0.242 e. The van der Waals surface area contributed by atoms with Crippen molar-refractivity contribution in [1.82, 2.24) is 4.90 Å². The first-order valence-corrected chi connectivity index (χ1v) is 11.7. The molecule has 1 aliphatic heterocycles. The second-order valence-corrected chi connectivity index (χ2v) is 8.96. The predicted octanol–water partition coefficient (Wildman–Crippen LogP) is 6.17. The van der Waals surface area contributed by atoms with Gasteiger partial charge in [-0.05, 0) is 35.2 Å². The summed E-state index contributed by atoms with van der Waals surface area (Å²) in [6, 6.07) is 22.6. The second-order valence-electron chi connectivity index (χ2n) is 7.80. The average Bonchev–Trinajstić information content (AvgIpc) is 3.08. The van der Waals surface area contributed by atoms with Gasteiger partial charge in [0.2, 0.25) is 5.91 Å². The van der Waals surface area contributed by atoms with Crippen molar-refractivity contribution in [1.29, 1.82) is 0 Å². The standard InChI is InChI=1S/C26H27N3OS/c1-3-4-16-24-25(30)29(18-22-12-6-5-10-19(22)2)26(31-24)28-27-17-21-14-9-13-20-11-7-8-15-23(20)21/h5-15,17,24H,3-4,16,18H2,1-2H3/b27-17-,28-26+/t24-/m0/s1. The first-order chi connectivity index (χ1) is 15.2. The molecule has 0 N–H and O–H groups in total. The molecule has 1 heterocycles. The number of thioether (sulfide) groups is 1. The molecule has 4 nitrogen and oxygen atoms in total. The number of carbonyl (C=O) groups is 1. The van der Waals surface area contributed by atoms with Crippen molar-refractivity contribution >= 4 is 39.8 Å². The maximum absolute atomic E-state index is 13.1. The van der Waals surface area contributed by atoms with Crippen LogP contribution >= 0.6 is 11.8 Å². The van der Waals surface area contributed by atoms with Crippen LogP contribution in [0.15, 0.2) is 76.9 Å². The van der Waals surface area contributed by atoms with E-state index >= 15 is 0 Å². The molecule has 0 unspecified atom stereocenters. The van der Waals surface area contributed by atoms with E-state index in [0.717, 1.165) is 35.8 Å². The van der Waals surface area contributed by atoms with Crippen molar-refractivity contribution in [3.05, 3.63) is 83.4 Å². The zero-order valence-electron chi connectivity index (χ0n) is 18.0. The van der Waals surface area contributed by atoms with Crippen molar-refractivity contribution in [2.75, 3.05) is 0 Å². The lowest BCUT2D eigenvalue weighted by atomic mass is 10.1. The number of aryl methyl sites for hydroxylation is 1. The van der Waals surface area contributed by atoms with E-state index in [4.69, 9.17) is 0 Å². The van der Waals surface area contributed by atoms with Gasteiger partial charge in [0.1, 0.15) is 0 Å². The largest absolute Gasteiger partial charge is 0.284 e. The molecule has 0 saturated carbocycles. The number of rotatable bonds is 7. The highest BCUT2D eigenvalue weighted by atomic mass is 32.2. The highest BCUT2D eigenvalue weighted by Gasteiger charge is 2.37. The van der Waals surface area contributed by atoms with Gasteiger partial charge in [-0.2, -0.15) is 5.10 Å². The van der Waals surface area contributed by atoms with E-state index in [0.29, 0.717) is 11.7 Å². The Morgan fingerprint density at radius 2 is 1.81 bits per heavy atom. The van der Waals surface area contributed by atoms with Gasteiger partial charge in [-0.15, -0.1) is 5.10 Å². The van der Waals surface area contributed by atoms with Crippen LogP contribution in [0.5, 0.6) is 0 Å². The Hall–Kier alpha value is -2.92. The first kappa shape index (κ1) is 21.3. The molecule has 3 aromatic carbocycles. The van der Waals surface area contributed by atoms with Crippen molar-refractivity contribution in [2.45, 2.75) is 44.9 Å². The van der Waals surface area contributed by atoms with Gasteiger partial charge in [0.25, 0.3) is 0 Å². The zero-order valence-corrected chi connectivity index (χ0v) is 18.8. The molecular formula is C26H27N3OS. The molecule has 0 bridgehead atoms. The molecule has 0 aromatic heterocycles. The molecule has 1 saturated heterocycles. The van der Waals surface area contributed by atoms with Crippen LogP contribution in [0.4, 0.5) is 0 Å². The predicted molar refractivity (Wildman–Crippen MR) is 132 cm³/mol. The Morgan fingerprint density at radius 3 is 2.65 bits per heavy atom. The minimum atomic E-state index is -0.0736. The summed E-state index contributed by atoms with van der Waals surface area (Å²) < 4.78 is 0. The van der Waals surface area contributed by atoms with Gasteiger partial charge < -0.3 is 0 Å². The lowest BCUT2D eigenvalue weighted by molar-refractivity contribution is -0.126. The molecule has 1 fully saturated rings. The van der Waals surface area contributed by atoms with Gasteiger partial charge in [0.15, 0.2) is 5.17 Å². The molecule has 4 rings (SSSR count). The van der Waals surface area contributed by atoms with Crippen molar-refractivity contribution in [3.63, 3.8) is 0 Å². The third-order valence-corrected chi connectivity index (χ3v) is 6.83. The van der Waals surface area contributed by atoms with Gasteiger partial charge >= 0.3 is 0 Å². The van der Waals surface area contributed by atoms with Crippen LogP contribution in [0.3, 0.4) is 0 Å². The first-order valence-electron chi connectivity index (χ1n) is 10.8. The fourth-order valence-electron chi connectivity index (χ4n) is 3.77. The van der Waals surface area contributed by atoms with Gasteiger partial charge in [0, 0.05) is 5.56 Å². The smallest absolute Gasteiger partial charge is 0.242 e. The van der Waals surface area contributed by atoms with Crippen molar-refractivity contribution in [3.8, 4) is 0 Å². The van der Waals surface area contributed by atoms with Gasteiger partial charge in [-0.3, -0.25) is 9.69 Å². The molecule has 0 radical (unpaired) electrons. The summed E-state index contributed by atoms with van der Waals surface area (Å²) in [4.78, 5) is 14.9. The minimum Gasteiger partial charge on any atom is -0.284 e. The average molecular weight is 430 g/mol. The van der Waals surface area contributed by atoms with Crippen molar-refractivity contribution in [2.24, 2.45) is 10.2 Å². The Balaban J connectivity index is 1.61. The van der Waals surface area contributed by atoms with Crippen molar-refractivity contribution < 1.29 is 4.79 Å². The van der Waals surface area contributed by atoms with Crippen LogP contribution in [0.25, 0.3) is 10.8 Å². The quantitative estimate of drug-likeness (QED) is 0.333. The molecule has 1 amide bonds. The lowest BCUT2D eigenvalue weighted by Crippen LogP contribution is -2.31. The molecule has 158 valence electrons. The van der Waals surface area contributed by atoms with E-state index < -0.39 is 0 Å². The number of nitrogens with zero attached hydrogens (tertiary/aromatic N) is 3. The molecule has 31 heavy (non-hydrogen) atoms. The van der Waals surface area contributed by atoms with Crippen LogP contribution in [0, 0.1) is 6.92 Å². The van der Waals surface area contributed by atoms with E-state index in [9.17, 15) is 4.79 Å². The number of unbranched alkanes of at least 4 members (excludes halogenated alkanes) is 1. The summed E-state index contributed by atoms with van der Waals surface area (Å²) in [6.07, 6.45) is 4.77. The summed E-state index contributed by atoms with van der Waals surface area (Å²) >= 11 is 1.54. The van der Waals surface area contributed by atoms with Crippen LogP contribution in [-0.4, -0.2) is 27.4 Å². The molecular weight excluding hydrogens is 402 g/mol. The fraction of sp³-hybridized carbons (Fsp3) is 0.269. The van der Waals surface area contributed by atoms with Gasteiger partial charge in [0.05, 0.1) is 18.0 Å². The SMILES string of the molecule is CCCC[C@@H]1S/C(=N/N=C\c2cccc3ccccc23)N(Cc2ccccc2C)C1=O. The maximum atomic E-state index is 13.1. The number of benzene rings is 3. The molecule has 0 spiro atoms. The van der Waals surface area contributed by atoms with E-state index in [1.54, 1.807) is 22.9 Å². The Bertz CT molecular complexity index is 1130. The molecule has 1 atom stereocenters. The molecule has 1 aliphatic rings. The van der Waals surface area contributed by atoms with E-state index in [1.807, 2.05) is 36.4 Å². The monoisotopic (exact) mass is 429 g/mol. The third-order valence-electron chi connectivity index (χ3n) is 5.59. The highest BCUT2D eigenvalue weighted by molar-refractivity contribution is 8.15. The Labute approximate surface area is 188 Å². The van der Waals surface area contributed by atoms with E-state index in [1.165, 1.54) is 10.9 Å². The summed E-state index contributed by atoms with van der Waals surface area (Å²) in [7, 11) is 0. The molecule has 0 aliphatic carbocycles. The number of amidine groups is 1. The summed E-state index contributed by atoms with van der Waals surface area (Å²) in [6.45, 7) is 4.76. The van der Waals surface area contributed by atoms with Crippen LogP contribution in [-0.2, 0) is 11.3 Å². The highest BCUT2D eigenvalue weighted by Crippen LogP contribution is 2.32. The normalized spacial score (nSPS) is 18.0. The number of hydrogen-bond acceptors (Lipinski definition) is 4. The van der Waals surface area contributed by atoms with E-state index in [-0.39, 0.29) is 11.2 Å². The van der Waals surface area contributed by atoms with Crippen LogP contribution in [0.1, 0.15) is 42.9 Å². The number of carbonyl (C=O) groups excluding carboxylic acids is 1. The number of hydrogen-bond donors (Lipinski definition) is 0. The summed E-state index contributed by atoms with van der Waals surface area (Å²) in [5, 5.41) is 11.8. The summed E-state index contributed by atoms with van der Waals surface area (Å²) in [5.74, 6) is 0.140. The van der Waals surface area contributed by atoms with Crippen LogP contribution in [0.2, 0.25) is 0 Å². The summed E-state index contributed by atoms with van der Waals surface area (Å²) in [5.41, 5.74) is 3.33. The number of amides is 1. The van der Waals surface area contributed by atoms with Crippen LogP contribution < -0.4 is 0 Å². The lowest BCUT2D eigenvalue weighted by Gasteiger charge is -2.17. The second kappa shape index (κ2) is 9.92. The molecule has 3 aromatic rings. The van der Waals surface area contributed by atoms with Gasteiger partial charge in [-0.1, -0.05) is 98.3 Å². The molecule has 5 heteroatoms. The minimum absolute atomic E-state index is 0.0736. The Kier molecular flexibility index (Phi) is 6.82. The topological polar surface area (TPSA) is 45.0 Å².